The quantitative estimate of drug-likeness (QED) is 0.824. The second kappa shape index (κ2) is 6.28. The van der Waals surface area contributed by atoms with E-state index in [2.05, 4.69) is 43.0 Å². The van der Waals surface area contributed by atoms with E-state index in [1.54, 1.807) is 0 Å². The molecule has 3 heteroatoms. The van der Waals surface area contributed by atoms with E-state index < -0.39 is 5.97 Å². The van der Waals surface area contributed by atoms with Crippen molar-refractivity contribution in [1.82, 2.24) is 0 Å². The van der Waals surface area contributed by atoms with Gasteiger partial charge in [-0.05, 0) is 25.0 Å². The Labute approximate surface area is 103 Å². The molecule has 0 bridgehead atoms. The van der Waals surface area contributed by atoms with Gasteiger partial charge in [0.05, 0.1) is 6.42 Å². The third-order valence-corrected chi connectivity index (χ3v) is 2.58. The third kappa shape index (κ3) is 4.89. The Morgan fingerprint density at radius 3 is 2.35 bits per heavy atom. The first-order valence-electron chi connectivity index (χ1n) is 6.02. The van der Waals surface area contributed by atoms with Crippen molar-refractivity contribution in [3.63, 3.8) is 0 Å². The van der Waals surface area contributed by atoms with Crippen molar-refractivity contribution in [2.75, 3.05) is 18.0 Å². The zero-order chi connectivity index (χ0) is 12.8. The minimum Gasteiger partial charge on any atom is -0.481 e. The van der Waals surface area contributed by atoms with Gasteiger partial charge in [-0.15, -0.1) is 0 Å². The number of aliphatic carboxylic acids is 1. The highest BCUT2D eigenvalue weighted by molar-refractivity contribution is 5.67. The van der Waals surface area contributed by atoms with Crippen LogP contribution in [-0.4, -0.2) is 24.2 Å². The van der Waals surface area contributed by atoms with Crippen molar-refractivity contribution in [2.24, 2.45) is 5.92 Å². The summed E-state index contributed by atoms with van der Waals surface area (Å²) in [5.74, 6) is -0.226. The first-order chi connectivity index (χ1) is 7.99. The standard InChI is InChI=1S/C14H21NO2/c1-11(2)10-15(9-8-14(16)17)13-6-4-12(3)5-7-13/h4-7,11H,8-10H2,1-3H3,(H,16,17). The number of rotatable bonds is 6. The molecule has 0 aliphatic carbocycles. The van der Waals surface area contributed by atoms with Gasteiger partial charge in [0.1, 0.15) is 0 Å². The topological polar surface area (TPSA) is 40.5 Å². The van der Waals surface area contributed by atoms with Gasteiger partial charge in [0.25, 0.3) is 0 Å². The summed E-state index contributed by atoms with van der Waals surface area (Å²) in [5, 5.41) is 8.76. The second-order valence-corrected chi connectivity index (χ2v) is 4.82. The minimum absolute atomic E-state index is 0.181. The molecule has 0 amide bonds. The molecule has 0 aliphatic rings. The summed E-state index contributed by atoms with van der Waals surface area (Å²) in [5.41, 5.74) is 2.32. The van der Waals surface area contributed by atoms with E-state index in [-0.39, 0.29) is 6.42 Å². The number of anilines is 1. The van der Waals surface area contributed by atoms with Crippen molar-refractivity contribution in [3.05, 3.63) is 29.8 Å². The van der Waals surface area contributed by atoms with Gasteiger partial charge in [-0.25, -0.2) is 0 Å². The van der Waals surface area contributed by atoms with Gasteiger partial charge in [0.2, 0.25) is 0 Å². The zero-order valence-corrected chi connectivity index (χ0v) is 10.8. The second-order valence-electron chi connectivity index (χ2n) is 4.82. The summed E-state index contributed by atoms with van der Waals surface area (Å²) in [6, 6.07) is 8.23. The van der Waals surface area contributed by atoms with Crippen LogP contribution in [0, 0.1) is 12.8 Å². The van der Waals surface area contributed by atoms with Crippen LogP contribution in [0.1, 0.15) is 25.8 Å². The summed E-state index contributed by atoms with van der Waals surface area (Å²) in [7, 11) is 0. The maximum Gasteiger partial charge on any atom is 0.305 e. The molecule has 1 aromatic rings. The molecule has 0 radical (unpaired) electrons. The maximum atomic E-state index is 10.6. The lowest BCUT2D eigenvalue weighted by Gasteiger charge is -2.26. The molecule has 1 rings (SSSR count). The molecule has 0 unspecified atom stereocenters. The fourth-order valence-corrected chi connectivity index (χ4v) is 1.75. The lowest BCUT2D eigenvalue weighted by Crippen LogP contribution is -2.29. The number of aryl methyl sites for hydroxylation is 1. The van der Waals surface area contributed by atoms with Crippen molar-refractivity contribution in [1.29, 1.82) is 0 Å². The number of carbonyl (C=O) groups is 1. The lowest BCUT2D eigenvalue weighted by molar-refractivity contribution is -0.136. The minimum atomic E-state index is -0.745. The normalized spacial score (nSPS) is 10.6. The van der Waals surface area contributed by atoms with Gasteiger partial charge >= 0.3 is 5.97 Å². The van der Waals surface area contributed by atoms with E-state index in [0.29, 0.717) is 12.5 Å². The molecule has 94 valence electrons. The number of benzene rings is 1. The van der Waals surface area contributed by atoms with Crippen LogP contribution in [0.15, 0.2) is 24.3 Å². The number of hydrogen-bond donors (Lipinski definition) is 1. The predicted octanol–water partition coefficient (Wildman–Crippen LogP) is 2.93. The Bertz CT molecular complexity index is 357. The van der Waals surface area contributed by atoms with Crippen LogP contribution < -0.4 is 4.90 Å². The molecule has 1 aromatic carbocycles. The highest BCUT2D eigenvalue weighted by Crippen LogP contribution is 2.17. The molecule has 0 atom stereocenters. The van der Waals surface area contributed by atoms with Gasteiger partial charge in [-0.2, -0.15) is 0 Å². The SMILES string of the molecule is Cc1ccc(N(CCC(=O)O)CC(C)C)cc1. The number of hydrogen-bond acceptors (Lipinski definition) is 2. The highest BCUT2D eigenvalue weighted by atomic mass is 16.4. The Hall–Kier alpha value is -1.51. The van der Waals surface area contributed by atoms with E-state index in [1.807, 2.05) is 6.92 Å². The Balaban J connectivity index is 2.74. The highest BCUT2D eigenvalue weighted by Gasteiger charge is 2.10. The predicted molar refractivity (Wildman–Crippen MR) is 70.5 cm³/mol. The van der Waals surface area contributed by atoms with Crippen molar-refractivity contribution >= 4 is 11.7 Å². The van der Waals surface area contributed by atoms with Crippen LogP contribution in [0.25, 0.3) is 0 Å². The number of carboxylic acid groups (broad SMARTS) is 1. The van der Waals surface area contributed by atoms with E-state index in [4.69, 9.17) is 5.11 Å². The van der Waals surface area contributed by atoms with Crippen LogP contribution in [0.4, 0.5) is 5.69 Å². The lowest BCUT2D eigenvalue weighted by atomic mass is 10.1. The molecule has 3 nitrogen and oxygen atoms in total. The van der Waals surface area contributed by atoms with Crippen LogP contribution in [0.3, 0.4) is 0 Å². The Morgan fingerprint density at radius 2 is 1.88 bits per heavy atom. The molecule has 0 spiro atoms. The van der Waals surface area contributed by atoms with Crippen molar-refractivity contribution in [2.45, 2.75) is 27.2 Å². The van der Waals surface area contributed by atoms with Crippen LogP contribution >= 0.6 is 0 Å². The van der Waals surface area contributed by atoms with E-state index >= 15 is 0 Å². The van der Waals surface area contributed by atoms with Crippen LogP contribution in [0.2, 0.25) is 0 Å². The molecule has 0 aliphatic heterocycles. The summed E-state index contributed by atoms with van der Waals surface area (Å²) in [4.78, 5) is 12.8. The smallest absolute Gasteiger partial charge is 0.305 e. The summed E-state index contributed by atoms with van der Waals surface area (Å²) in [6.07, 6.45) is 0.181. The zero-order valence-electron chi connectivity index (χ0n) is 10.8. The maximum absolute atomic E-state index is 10.6. The molecule has 0 saturated heterocycles. The van der Waals surface area contributed by atoms with Gasteiger partial charge in [0, 0.05) is 18.8 Å². The Kier molecular flexibility index (Phi) is 5.01. The first kappa shape index (κ1) is 13.6. The molecule has 0 saturated carbocycles. The van der Waals surface area contributed by atoms with Crippen molar-refractivity contribution < 1.29 is 9.90 Å². The van der Waals surface area contributed by atoms with Gasteiger partial charge < -0.3 is 10.0 Å². The third-order valence-electron chi connectivity index (χ3n) is 2.58. The van der Waals surface area contributed by atoms with E-state index in [9.17, 15) is 4.79 Å². The molecule has 0 heterocycles. The molecule has 17 heavy (non-hydrogen) atoms. The summed E-state index contributed by atoms with van der Waals surface area (Å²) in [6.45, 7) is 7.78. The Morgan fingerprint density at radius 1 is 1.29 bits per heavy atom. The average Bonchev–Trinajstić information content (AvgIpc) is 2.25. The molecular weight excluding hydrogens is 214 g/mol. The monoisotopic (exact) mass is 235 g/mol. The summed E-state index contributed by atoms with van der Waals surface area (Å²) < 4.78 is 0. The van der Waals surface area contributed by atoms with E-state index in [0.717, 1.165) is 12.2 Å². The molecular formula is C14H21NO2. The molecule has 0 aromatic heterocycles. The number of carboxylic acids is 1. The van der Waals surface area contributed by atoms with E-state index in [1.165, 1.54) is 5.56 Å². The van der Waals surface area contributed by atoms with Gasteiger partial charge in [-0.1, -0.05) is 31.5 Å². The average molecular weight is 235 g/mol. The fourth-order valence-electron chi connectivity index (χ4n) is 1.75. The van der Waals surface area contributed by atoms with Crippen LogP contribution in [-0.2, 0) is 4.79 Å². The first-order valence-corrected chi connectivity index (χ1v) is 6.02. The van der Waals surface area contributed by atoms with Crippen LogP contribution in [0.5, 0.6) is 0 Å². The summed E-state index contributed by atoms with van der Waals surface area (Å²) >= 11 is 0. The molecule has 0 fully saturated rings. The fraction of sp³-hybridized carbons (Fsp3) is 0.500. The van der Waals surface area contributed by atoms with Gasteiger partial charge in [0.15, 0.2) is 0 Å². The van der Waals surface area contributed by atoms with Gasteiger partial charge in [-0.3, -0.25) is 4.79 Å². The number of nitrogens with zero attached hydrogens (tertiary/aromatic N) is 1. The van der Waals surface area contributed by atoms with Crippen molar-refractivity contribution in [3.8, 4) is 0 Å². The molecule has 1 N–H and O–H groups in total. The largest absolute Gasteiger partial charge is 0.481 e.